The van der Waals surface area contributed by atoms with E-state index < -0.39 is 0 Å². The molecule has 0 radical (unpaired) electrons. The molecule has 1 amide bonds. The van der Waals surface area contributed by atoms with E-state index in [1.165, 1.54) is 12.1 Å². The molecule has 1 aromatic heterocycles. The van der Waals surface area contributed by atoms with Crippen molar-refractivity contribution in [3.63, 3.8) is 0 Å². The van der Waals surface area contributed by atoms with Gasteiger partial charge in [0.1, 0.15) is 5.82 Å². The molecular formula is C23H25ClFN3O. The van der Waals surface area contributed by atoms with Crippen LogP contribution in [0, 0.1) is 5.82 Å². The summed E-state index contributed by atoms with van der Waals surface area (Å²) in [6, 6.07) is 16.0. The number of benzene rings is 2. The molecule has 4 rings (SSSR count). The predicted octanol–water partition coefficient (Wildman–Crippen LogP) is 4.63. The van der Waals surface area contributed by atoms with Gasteiger partial charge in [0.25, 0.3) is 5.91 Å². The maximum Gasteiger partial charge on any atom is 0.254 e. The zero-order valence-electron chi connectivity index (χ0n) is 16.6. The van der Waals surface area contributed by atoms with Crippen molar-refractivity contribution in [2.75, 3.05) is 27.2 Å². The number of aromatic nitrogens is 1. The fourth-order valence-corrected chi connectivity index (χ4v) is 3.86. The number of halogens is 2. The first kappa shape index (κ1) is 21.2. The van der Waals surface area contributed by atoms with E-state index in [0.717, 1.165) is 42.4 Å². The molecular weight excluding hydrogens is 389 g/mol. The average molecular weight is 414 g/mol. The van der Waals surface area contributed by atoms with Gasteiger partial charge in [0.15, 0.2) is 0 Å². The van der Waals surface area contributed by atoms with Crippen molar-refractivity contribution in [3.8, 4) is 11.3 Å². The van der Waals surface area contributed by atoms with E-state index in [1.807, 2.05) is 42.3 Å². The number of pyridine rings is 1. The smallest absolute Gasteiger partial charge is 0.254 e. The maximum atomic E-state index is 13.4. The highest BCUT2D eigenvalue weighted by molar-refractivity contribution is 6.07. The van der Waals surface area contributed by atoms with Crippen molar-refractivity contribution in [2.45, 2.75) is 18.9 Å². The Balaban J connectivity index is 0.00000240. The van der Waals surface area contributed by atoms with Gasteiger partial charge in [0, 0.05) is 24.0 Å². The van der Waals surface area contributed by atoms with Crippen molar-refractivity contribution in [3.05, 3.63) is 66.0 Å². The Kier molecular flexibility index (Phi) is 6.50. The third-order valence-corrected chi connectivity index (χ3v) is 5.64. The van der Waals surface area contributed by atoms with E-state index in [4.69, 9.17) is 4.98 Å². The number of hydrogen-bond acceptors (Lipinski definition) is 3. The van der Waals surface area contributed by atoms with E-state index in [-0.39, 0.29) is 30.2 Å². The highest BCUT2D eigenvalue weighted by atomic mass is 35.5. The Morgan fingerprint density at radius 3 is 2.45 bits per heavy atom. The summed E-state index contributed by atoms with van der Waals surface area (Å²) in [6.45, 7) is 2.00. The zero-order chi connectivity index (χ0) is 19.7. The van der Waals surface area contributed by atoms with Crippen LogP contribution in [0.4, 0.5) is 4.39 Å². The van der Waals surface area contributed by atoms with E-state index in [9.17, 15) is 9.18 Å². The number of likely N-dealkylation sites (tertiary alicyclic amines) is 1. The first-order valence-electron chi connectivity index (χ1n) is 9.64. The van der Waals surface area contributed by atoms with Crippen LogP contribution in [0.25, 0.3) is 22.2 Å². The molecule has 0 spiro atoms. The number of para-hydroxylation sites is 1. The normalized spacial score (nSPS) is 15.1. The summed E-state index contributed by atoms with van der Waals surface area (Å²) >= 11 is 0. The lowest BCUT2D eigenvalue weighted by Gasteiger charge is -2.35. The molecule has 4 nitrogen and oxygen atoms in total. The highest BCUT2D eigenvalue weighted by Crippen LogP contribution is 2.27. The standard InChI is InChI=1S/C23H24FN3O.ClH/c1-26-13-11-18(12-14-26)27(2)23(28)20-15-22(16-7-9-17(24)10-8-16)25-21-6-4-3-5-19(20)21;/h3-10,15,18H,11-14H2,1-2H3;1H. The van der Waals surface area contributed by atoms with Gasteiger partial charge >= 0.3 is 0 Å². The molecule has 0 saturated carbocycles. The molecule has 1 fully saturated rings. The third-order valence-electron chi connectivity index (χ3n) is 5.64. The van der Waals surface area contributed by atoms with Crippen LogP contribution in [0.2, 0.25) is 0 Å². The van der Waals surface area contributed by atoms with Crippen LogP contribution >= 0.6 is 12.4 Å². The molecule has 0 bridgehead atoms. The van der Waals surface area contributed by atoms with E-state index >= 15 is 0 Å². The summed E-state index contributed by atoms with van der Waals surface area (Å²) in [4.78, 5) is 22.3. The monoisotopic (exact) mass is 413 g/mol. The van der Waals surface area contributed by atoms with Crippen molar-refractivity contribution in [2.24, 2.45) is 0 Å². The molecule has 0 N–H and O–H groups in total. The number of piperidine rings is 1. The molecule has 1 aliphatic rings. The molecule has 2 heterocycles. The molecule has 1 saturated heterocycles. The molecule has 1 aliphatic heterocycles. The van der Waals surface area contributed by atoms with Gasteiger partial charge in [0.05, 0.1) is 16.8 Å². The van der Waals surface area contributed by atoms with Crippen LogP contribution < -0.4 is 0 Å². The number of fused-ring (bicyclic) bond motifs is 1. The Morgan fingerprint density at radius 2 is 1.76 bits per heavy atom. The first-order chi connectivity index (χ1) is 13.5. The fourth-order valence-electron chi connectivity index (χ4n) is 3.86. The number of amides is 1. The predicted molar refractivity (Wildman–Crippen MR) is 117 cm³/mol. The topological polar surface area (TPSA) is 36.4 Å². The Labute approximate surface area is 176 Å². The van der Waals surface area contributed by atoms with Crippen molar-refractivity contribution in [1.82, 2.24) is 14.8 Å². The molecule has 29 heavy (non-hydrogen) atoms. The van der Waals surface area contributed by atoms with E-state index in [2.05, 4.69) is 11.9 Å². The van der Waals surface area contributed by atoms with Crippen LogP contribution in [0.3, 0.4) is 0 Å². The second kappa shape index (κ2) is 8.89. The molecule has 152 valence electrons. The van der Waals surface area contributed by atoms with Gasteiger partial charge in [-0.2, -0.15) is 0 Å². The molecule has 0 atom stereocenters. The van der Waals surface area contributed by atoms with Crippen molar-refractivity contribution in [1.29, 1.82) is 0 Å². The number of carbonyl (C=O) groups is 1. The quantitative estimate of drug-likeness (QED) is 0.628. The number of carbonyl (C=O) groups excluding carboxylic acids is 1. The van der Waals surface area contributed by atoms with Gasteiger partial charge in [-0.3, -0.25) is 4.79 Å². The van der Waals surface area contributed by atoms with Gasteiger partial charge < -0.3 is 9.80 Å². The van der Waals surface area contributed by atoms with Crippen LogP contribution in [0.5, 0.6) is 0 Å². The van der Waals surface area contributed by atoms with Crippen LogP contribution in [-0.2, 0) is 0 Å². The van der Waals surface area contributed by atoms with Gasteiger partial charge in [0.2, 0.25) is 0 Å². The average Bonchev–Trinajstić information content (AvgIpc) is 2.73. The Hall–Kier alpha value is -2.50. The molecule has 0 aliphatic carbocycles. The Bertz CT molecular complexity index is 1000. The summed E-state index contributed by atoms with van der Waals surface area (Å²) in [5.41, 5.74) is 2.89. The zero-order valence-corrected chi connectivity index (χ0v) is 17.5. The summed E-state index contributed by atoms with van der Waals surface area (Å²) in [5, 5.41) is 0.845. The summed E-state index contributed by atoms with van der Waals surface area (Å²) in [6.07, 6.45) is 1.96. The number of rotatable bonds is 3. The second-order valence-electron chi connectivity index (χ2n) is 7.53. The van der Waals surface area contributed by atoms with Gasteiger partial charge in [-0.1, -0.05) is 18.2 Å². The van der Waals surface area contributed by atoms with Gasteiger partial charge in [-0.05, 0) is 69.4 Å². The van der Waals surface area contributed by atoms with Crippen LogP contribution in [-0.4, -0.2) is 53.9 Å². The fraction of sp³-hybridized carbons (Fsp3) is 0.304. The highest BCUT2D eigenvalue weighted by Gasteiger charge is 2.26. The summed E-state index contributed by atoms with van der Waals surface area (Å²) in [7, 11) is 4.01. The van der Waals surface area contributed by atoms with E-state index in [0.29, 0.717) is 11.3 Å². The number of nitrogens with zero attached hydrogens (tertiary/aromatic N) is 3. The lowest BCUT2D eigenvalue weighted by Crippen LogP contribution is -2.44. The van der Waals surface area contributed by atoms with Gasteiger partial charge in [-0.25, -0.2) is 9.37 Å². The molecule has 0 unspecified atom stereocenters. The minimum Gasteiger partial charge on any atom is -0.339 e. The Morgan fingerprint density at radius 1 is 1.10 bits per heavy atom. The number of hydrogen-bond donors (Lipinski definition) is 0. The van der Waals surface area contributed by atoms with Gasteiger partial charge in [-0.15, -0.1) is 12.4 Å². The van der Waals surface area contributed by atoms with Crippen LogP contribution in [0.1, 0.15) is 23.2 Å². The van der Waals surface area contributed by atoms with Crippen molar-refractivity contribution >= 4 is 29.2 Å². The van der Waals surface area contributed by atoms with Crippen molar-refractivity contribution < 1.29 is 9.18 Å². The third kappa shape index (κ3) is 4.41. The molecule has 6 heteroatoms. The maximum absolute atomic E-state index is 13.4. The molecule has 2 aromatic carbocycles. The summed E-state index contributed by atoms with van der Waals surface area (Å²) in [5.74, 6) is -0.278. The minimum absolute atomic E-state index is 0. The molecule has 3 aromatic rings. The van der Waals surface area contributed by atoms with Crippen LogP contribution in [0.15, 0.2) is 54.6 Å². The second-order valence-corrected chi connectivity index (χ2v) is 7.53. The summed E-state index contributed by atoms with van der Waals surface area (Å²) < 4.78 is 13.3. The SMILES string of the molecule is CN1CCC(N(C)C(=O)c2cc(-c3ccc(F)cc3)nc3ccccc23)CC1.Cl. The lowest BCUT2D eigenvalue weighted by molar-refractivity contribution is 0.0661. The largest absolute Gasteiger partial charge is 0.339 e. The lowest BCUT2D eigenvalue weighted by atomic mass is 10.00. The van der Waals surface area contributed by atoms with E-state index in [1.54, 1.807) is 12.1 Å². The minimum atomic E-state index is -0.289. The first-order valence-corrected chi connectivity index (χ1v) is 9.64.